The van der Waals surface area contributed by atoms with E-state index < -0.39 is 41.4 Å². The standard InChI is InChI=1S/C26H31N9O5/c1-24(2)12-40-18-13(6-5-7-14(18)24)20(36)32-17-11-35-23(28)31-16(10-30-21(37)15-8-3-4-9-29-15)19-25(35,26(17,38)39)34-22(27)33-19/h3-9,16-17,19,38-39H,10-12H2,1-2H3,(H2,28,31)(H,30,37)(H,32,36)(H3,27,33,34)/t16-,17?,19-,25-/m0/s1. The van der Waals surface area contributed by atoms with E-state index in [-0.39, 0.29) is 41.7 Å². The number of nitrogens with one attached hydrogen (secondary N) is 3. The van der Waals surface area contributed by atoms with Crippen molar-refractivity contribution in [3.05, 3.63) is 59.4 Å². The summed E-state index contributed by atoms with van der Waals surface area (Å²) in [5, 5.41) is 31.7. The molecule has 210 valence electrons. The van der Waals surface area contributed by atoms with Crippen LogP contribution in [-0.4, -0.2) is 93.1 Å². The maximum Gasteiger partial charge on any atom is 0.269 e. The Morgan fingerprint density at radius 2 is 1.95 bits per heavy atom. The van der Waals surface area contributed by atoms with Crippen LogP contribution in [0.5, 0.6) is 5.75 Å². The third kappa shape index (κ3) is 3.67. The van der Waals surface area contributed by atoms with Crippen molar-refractivity contribution in [2.75, 3.05) is 19.7 Å². The van der Waals surface area contributed by atoms with E-state index in [2.05, 4.69) is 30.9 Å². The summed E-state index contributed by atoms with van der Waals surface area (Å²) in [7, 11) is 0. The number of carbonyl (C=O) groups is 2. The fourth-order valence-electron chi connectivity index (χ4n) is 6.01. The van der Waals surface area contributed by atoms with Crippen LogP contribution >= 0.6 is 0 Å². The number of ether oxygens (including phenoxy) is 1. The van der Waals surface area contributed by atoms with E-state index in [1.54, 1.807) is 30.3 Å². The second-order valence-corrected chi connectivity index (χ2v) is 11.0. The molecule has 1 aromatic heterocycles. The molecule has 0 saturated carbocycles. The molecule has 5 heterocycles. The van der Waals surface area contributed by atoms with E-state index in [9.17, 15) is 19.8 Å². The van der Waals surface area contributed by atoms with Crippen LogP contribution in [0.2, 0.25) is 0 Å². The highest BCUT2D eigenvalue weighted by molar-refractivity contribution is 5.98. The first-order chi connectivity index (χ1) is 19.0. The van der Waals surface area contributed by atoms with E-state index in [0.29, 0.717) is 12.4 Å². The number of nitrogens with two attached hydrogens (primary N) is 2. The Balaban J connectivity index is 1.26. The molecule has 9 N–H and O–H groups in total. The van der Waals surface area contributed by atoms with Crippen LogP contribution in [0.15, 0.2) is 52.6 Å². The number of fused-ring (bicyclic) bond motifs is 1. The lowest BCUT2D eigenvalue weighted by molar-refractivity contribution is -0.230. The van der Waals surface area contributed by atoms with Crippen LogP contribution in [-0.2, 0) is 5.41 Å². The van der Waals surface area contributed by atoms with Crippen LogP contribution in [0.3, 0.4) is 0 Å². The van der Waals surface area contributed by atoms with Crippen LogP contribution in [0.1, 0.15) is 40.3 Å². The summed E-state index contributed by atoms with van der Waals surface area (Å²) < 4.78 is 5.85. The number of hydrogen-bond acceptors (Lipinski definition) is 12. The lowest BCUT2D eigenvalue weighted by Crippen LogP contribution is -2.78. The van der Waals surface area contributed by atoms with Gasteiger partial charge < -0.3 is 47.3 Å². The van der Waals surface area contributed by atoms with Gasteiger partial charge in [0.25, 0.3) is 11.8 Å². The first-order valence-corrected chi connectivity index (χ1v) is 12.9. The molecular formula is C26H31N9O5. The van der Waals surface area contributed by atoms with Crippen molar-refractivity contribution in [3.63, 3.8) is 0 Å². The lowest BCUT2D eigenvalue weighted by Gasteiger charge is -2.49. The predicted octanol–water partition coefficient (Wildman–Crippen LogP) is -2.04. The molecule has 4 atom stereocenters. The molecule has 2 aromatic rings. The quantitative estimate of drug-likeness (QED) is 0.203. The number of aromatic nitrogens is 1. The molecule has 4 aliphatic rings. The van der Waals surface area contributed by atoms with Crippen LogP contribution in [0.4, 0.5) is 0 Å². The van der Waals surface area contributed by atoms with Gasteiger partial charge in [-0.25, -0.2) is 9.98 Å². The number of pyridine rings is 1. The molecular weight excluding hydrogens is 518 g/mol. The Morgan fingerprint density at radius 1 is 1.15 bits per heavy atom. The van der Waals surface area contributed by atoms with Crippen molar-refractivity contribution in [2.24, 2.45) is 21.5 Å². The summed E-state index contributed by atoms with van der Waals surface area (Å²) in [6, 6.07) is 7.25. The van der Waals surface area contributed by atoms with Gasteiger partial charge in [0.05, 0.1) is 18.2 Å². The molecule has 0 aliphatic carbocycles. The lowest BCUT2D eigenvalue weighted by atomic mass is 9.84. The van der Waals surface area contributed by atoms with Crippen LogP contribution < -0.4 is 32.2 Å². The number of rotatable bonds is 5. The van der Waals surface area contributed by atoms with Gasteiger partial charge in [-0.05, 0) is 18.2 Å². The maximum atomic E-state index is 13.5. The van der Waals surface area contributed by atoms with Gasteiger partial charge in [0.2, 0.25) is 5.79 Å². The van der Waals surface area contributed by atoms with Crippen molar-refractivity contribution in [3.8, 4) is 5.75 Å². The molecule has 6 rings (SSSR count). The maximum absolute atomic E-state index is 13.5. The molecule has 1 unspecified atom stereocenters. The second kappa shape index (κ2) is 8.79. The summed E-state index contributed by atoms with van der Waals surface area (Å²) >= 11 is 0. The first kappa shape index (κ1) is 25.8. The van der Waals surface area contributed by atoms with Crippen molar-refractivity contribution in [1.29, 1.82) is 0 Å². The van der Waals surface area contributed by atoms with Crippen molar-refractivity contribution >= 4 is 23.7 Å². The smallest absolute Gasteiger partial charge is 0.269 e. The first-order valence-electron chi connectivity index (χ1n) is 12.9. The van der Waals surface area contributed by atoms with Gasteiger partial charge in [0.1, 0.15) is 23.5 Å². The molecule has 0 bridgehead atoms. The van der Waals surface area contributed by atoms with E-state index in [1.165, 1.54) is 11.1 Å². The summed E-state index contributed by atoms with van der Waals surface area (Å²) in [4.78, 5) is 40.4. The predicted molar refractivity (Wildman–Crippen MR) is 143 cm³/mol. The van der Waals surface area contributed by atoms with E-state index in [4.69, 9.17) is 16.2 Å². The number of guanidine groups is 2. The Morgan fingerprint density at radius 3 is 2.70 bits per heavy atom. The third-order valence-electron chi connectivity index (χ3n) is 8.04. The topological polar surface area (TPSA) is 213 Å². The fourth-order valence-corrected chi connectivity index (χ4v) is 6.01. The number of nitrogens with zero attached hydrogens (tertiary/aromatic N) is 4. The van der Waals surface area contributed by atoms with Crippen molar-refractivity contribution in [1.82, 2.24) is 25.8 Å². The highest BCUT2D eigenvalue weighted by Crippen LogP contribution is 2.45. The minimum Gasteiger partial charge on any atom is -0.492 e. The molecule has 0 radical (unpaired) electrons. The van der Waals surface area contributed by atoms with Gasteiger partial charge in [-0.1, -0.05) is 32.0 Å². The Hall–Kier alpha value is -4.43. The Kier molecular flexibility index (Phi) is 5.68. The summed E-state index contributed by atoms with van der Waals surface area (Å²) in [6.45, 7) is 4.33. The Bertz CT molecular complexity index is 1440. The number of para-hydroxylation sites is 1. The van der Waals surface area contributed by atoms with Gasteiger partial charge >= 0.3 is 0 Å². The fraction of sp³-hybridized carbons (Fsp3) is 0.423. The largest absolute Gasteiger partial charge is 0.492 e. The number of aliphatic imine (C=N–C) groups is 2. The van der Waals surface area contributed by atoms with Crippen molar-refractivity contribution < 1.29 is 24.5 Å². The average Bonchev–Trinajstić information content (AvgIpc) is 3.52. The number of aliphatic hydroxyl groups is 2. The summed E-state index contributed by atoms with van der Waals surface area (Å²) in [6.07, 6.45) is 1.50. The molecule has 1 saturated heterocycles. The zero-order chi connectivity index (χ0) is 28.4. The average molecular weight is 550 g/mol. The second-order valence-electron chi connectivity index (χ2n) is 11.0. The van der Waals surface area contributed by atoms with Gasteiger partial charge in [0.15, 0.2) is 17.6 Å². The summed E-state index contributed by atoms with van der Waals surface area (Å²) in [5.74, 6) is -3.21. The van der Waals surface area contributed by atoms with Gasteiger partial charge in [0, 0.05) is 30.3 Å². The van der Waals surface area contributed by atoms with Gasteiger partial charge in [-0.2, -0.15) is 0 Å². The molecule has 1 aromatic carbocycles. The highest BCUT2D eigenvalue weighted by Gasteiger charge is 2.73. The van der Waals surface area contributed by atoms with Crippen LogP contribution in [0.25, 0.3) is 0 Å². The minimum atomic E-state index is -2.61. The zero-order valence-corrected chi connectivity index (χ0v) is 22.0. The highest BCUT2D eigenvalue weighted by atomic mass is 16.5. The number of benzene rings is 1. The molecule has 2 amide bonds. The number of carbonyl (C=O) groups excluding carboxylic acids is 2. The minimum absolute atomic E-state index is 0.0272. The third-order valence-corrected chi connectivity index (χ3v) is 8.04. The molecule has 1 fully saturated rings. The van der Waals surface area contributed by atoms with Crippen molar-refractivity contribution in [2.45, 2.75) is 48.8 Å². The molecule has 14 heteroatoms. The monoisotopic (exact) mass is 549 g/mol. The van der Waals surface area contributed by atoms with Crippen LogP contribution in [0, 0.1) is 0 Å². The molecule has 40 heavy (non-hydrogen) atoms. The number of hydrogen-bond donors (Lipinski definition) is 7. The van der Waals surface area contributed by atoms with Gasteiger partial charge in [-0.15, -0.1) is 0 Å². The number of amides is 2. The van der Waals surface area contributed by atoms with E-state index >= 15 is 0 Å². The van der Waals surface area contributed by atoms with Gasteiger partial charge in [-0.3, -0.25) is 14.6 Å². The zero-order valence-electron chi connectivity index (χ0n) is 22.0. The molecule has 4 aliphatic heterocycles. The molecule has 1 spiro atoms. The summed E-state index contributed by atoms with van der Waals surface area (Å²) in [5.41, 5.74) is 11.7. The normalized spacial score (nSPS) is 28.7. The SMILES string of the molecule is CC1(C)COc2c(C(=O)NC3CN4C(N)=N[C@@H](CNC(=O)c5ccccn5)[C@@H]5N=C(N)N[C@@]54C3(O)O)cccc21. The van der Waals surface area contributed by atoms with E-state index in [1.807, 2.05) is 19.9 Å². The Labute approximate surface area is 229 Å². The molecule has 14 nitrogen and oxygen atoms in total. The van der Waals surface area contributed by atoms with E-state index in [0.717, 1.165) is 5.56 Å².